The van der Waals surface area contributed by atoms with E-state index in [0.29, 0.717) is 34.6 Å². The van der Waals surface area contributed by atoms with E-state index in [0.717, 1.165) is 11.8 Å². The van der Waals surface area contributed by atoms with Crippen molar-refractivity contribution in [2.45, 2.75) is 6.54 Å². The number of aromatic nitrogens is 3. The van der Waals surface area contributed by atoms with Crippen LogP contribution >= 0.6 is 0 Å². The van der Waals surface area contributed by atoms with Crippen LogP contribution in [0.5, 0.6) is 11.5 Å². The van der Waals surface area contributed by atoms with Crippen molar-refractivity contribution < 1.29 is 9.53 Å². The van der Waals surface area contributed by atoms with Crippen LogP contribution in [-0.4, -0.2) is 20.4 Å². The summed E-state index contributed by atoms with van der Waals surface area (Å²) in [5, 5.41) is 3.08. The second-order valence-electron chi connectivity index (χ2n) is 6.47. The molecule has 0 atom stereocenters. The fraction of sp³-hybridized carbons (Fsp3) is 0.0435. The van der Waals surface area contributed by atoms with E-state index in [-0.39, 0.29) is 5.56 Å². The highest BCUT2D eigenvalue weighted by molar-refractivity contribution is 6.01. The van der Waals surface area contributed by atoms with Crippen LogP contribution in [0.2, 0.25) is 0 Å². The molecule has 0 radical (unpaired) electrons. The number of nitrogens with zero attached hydrogens (tertiary/aromatic N) is 3. The van der Waals surface area contributed by atoms with Crippen LogP contribution < -0.4 is 15.6 Å². The third-order valence-corrected chi connectivity index (χ3v) is 4.40. The third kappa shape index (κ3) is 4.10. The van der Waals surface area contributed by atoms with Gasteiger partial charge in [0.15, 0.2) is 5.75 Å². The Bertz CT molecular complexity index is 1270. The minimum absolute atomic E-state index is 0.231. The van der Waals surface area contributed by atoms with Crippen molar-refractivity contribution in [2.75, 3.05) is 5.32 Å². The second-order valence-corrected chi connectivity index (χ2v) is 6.47. The lowest BCUT2D eigenvalue weighted by Gasteiger charge is -2.13. The Balaban J connectivity index is 1.80. The van der Waals surface area contributed by atoms with Crippen molar-refractivity contribution >= 4 is 22.5 Å². The van der Waals surface area contributed by atoms with Crippen molar-refractivity contribution in [1.29, 1.82) is 0 Å². The lowest BCUT2D eigenvalue weighted by molar-refractivity contribution is -0.111. The molecule has 0 aliphatic carbocycles. The van der Waals surface area contributed by atoms with Crippen molar-refractivity contribution in [1.82, 2.24) is 14.5 Å². The summed E-state index contributed by atoms with van der Waals surface area (Å²) in [6, 6.07) is 17.8. The Hall–Kier alpha value is -4.26. The Kier molecular flexibility index (Phi) is 5.34. The van der Waals surface area contributed by atoms with Crippen LogP contribution in [0.15, 0.2) is 90.6 Å². The zero-order valence-electron chi connectivity index (χ0n) is 16.0. The molecule has 0 aliphatic heterocycles. The summed E-state index contributed by atoms with van der Waals surface area (Å²) in [6.07, 6.45) is 4.31. The molecule has 0 aliphatic rings. The molecule has 2 aromatic carbocycles. The number of hydrogen-bond donors (Lipinski definition) is 1. The molecule has 7 heteroatoms. The standard InChI is InChI=1S/C23H18N4O3/c1-2-22(28)26-20-13-19-18(12-21(20)30-17-9-4-3-5-10-17)23(29)27(15-25-19)14-16-8-6-7-11-24-16/h2-13,15H,1,14H2,(H,26,28). The number of anilines is 1. The van der Waals surface area contributed by atoms with E-state index >= 15 is 0 Å². The van der Waals surface area contributed by atoms with Gasteiger partial charge in [0, 0.05) is 6.20 Å². The summed E-state index contributed by atoms with van der Waals surface area (Å²) >= 11 is 0. The van der Waals surface area contributed by atoms with Crippen LogP contribution in [0.1, 0.15) is 5.69 Å². The van der Waals surface area contributed by atoms with Crippen LogP contribution in [0.3, 0.4) is 0 Å². The molecule has 2 heterocycles. The lowest BCUT2D eigenvalue weighted by atomic mass is 10.2. The van der Waals surface area contributed by atoms with Gasteiger partial charge in [-0.05, 0) is 42.5 Å². The maximum Gasteiger partial charge on any atom is 0.261 e. The second kappa shape index (κ2) is 8.40. The van der Waals surface area contributed by atoms with Gasteiger partial charge in [-0.3, -0.25) is 19.1 Å². The number of hydrogen-bond acceptors (Lipinski definition) is 5. The molecule has 4 rings (SSSR count). The fourth-order valence-corrected chi connectivity index (χ4v) is 2.95. The monoisotopic (exact) mass is 398 g/mol. The minimum atomic E-state index is -0.393. The van der Waals surface area contributed by atoms with Gasteiger partial charge >= 0.3 is 0 Å². The van der Waals surface area contributed by atoms with Crippen LogP contribution in [0, 0.1) is 0 Å². The third-order valence-electron chi connectivity index (χ3n) is 4.40. The molecule has 0 bridgehead atoms. The van der Waals surface area contributed by atoms with Crippen molar-refractivity contribution in [3.8, 4) is 11.5 Å². The van der Waals surface area contributed by atoms with Gasteiger partial charge in [-0.2, -0.15) is 0 Å². The first-order chi connectivity index (χ1) is 14.6. The first-order valence-corrected chi connectivity index (χ1v) is 9.23. The molecule has 148 valence electrons. The fourth-order valence-electron chi connectivity index (χ4n) is 2.95. The zero-order chi connectivity index (χ0) is 20.9. The number of para-hydroxylation sites is 1. The number of benzene rings is 2. The summed E-state index contributed by atoms with van der Waals surface area (Å²) in [6.45, 7) is 3.77. The van der Waals surface area contributed by atoms with Crippen LogP contribution in [0.25, 0.3) is 10.9 Å². The van der Waals surface area contributed by atoms with E-state index < -0.39 is 5.91 Å². The zero-order valence-corrected chi connectivity index (χ0v) is 16.0. The summed E-state index contributed by atoms with van der Waals surface area (Å²) in [7, 11) is 0. The molecule has 0 fully saturated rings. The maximum atomic E-state index is 13.1. The smallest absolute Gasteiger partial charge is 0.261 e. The quantitative estimate of drug-likeness (QED) is 0.500. The van der Waals surface area contributed by atoms with Gasteiger partial charge in [0.25, 0.3) is 5.56 Å². The number of pyridine rings is 1. The molecule has 4 aromatic rings. The molecule has 0 unspecified atom stereocenters. The van der Waals surface area contributed by atoms with E-state index in [1.54, 1.807) is 30.5 Å². The molecule has 1 amide bonds. The van der Waals surface area contributed by atoms with E-state index in [9.17, 15) is 9.59 Å². The van der Waals surface area contributed by atoms with E-state index in [2.05, 4.69) is 21.9 Å². The highest BCUT2D eigenvalue weighted by Crippen LogP contribution is 2.32. The number of amides is 1. The van der Waals surface area contributed by atoms with Gasteiger partial charge < -0.3 is 10.1 Å². The maximum absolute atomic E-state index is 13.1. The topological polar surface area (TPSA) is 86.1 Å². The van der Waals surface area contributed by atoms with Crippen molar-refractivity contribution in [3.05, 3.63) is 102 Å². The van der Waals surface area contributed by atoms with Gasteiger partial charge in [-0.15, -0.1) is 0 Å². The first-order valence-electron chi connectivity index (χ1n) is 9.23. The molecule has 0 spiro atoms. The molecule has 1 N–H and O–H groups in total. The Morgan fingerprint density at radius 1 is 1.10 bits per heavy atom. The number of fused-ring (bicyclic) bond motifs is 1. The number of ether oxygens (including phenoxy) is 1. The molecule has 2 aromatic heterocycles. The van der Waals surface area contributed by atoms with Gasteiger partial charge in [-0.1, -0.05) is 30.8 Å². The lowest BCUT2D eigenvalue weighted by Crippen LogP contribution is -2.22. The Morgan fingerprint density at radius 3 is 2.63 bits per heavy atom. The molecule has 30 heavy (non-hydrogen) atoms. The summed E-state index contributed by atoms with van der Waals surface area (Å²) < 4.78 is 7.42. The predicted octanol–water partition coefficient (Wildman–Crippen LogP) is 3.76. The van der Waals surface area contributed by atoms with Gasteiger partial charge in [0.05, 0.1) is 35.2 Å². The first kappa shape index (κ1) is 19.1. The molecule has 0 saturated heterocycles. The largest absolute Gasteiger partial charge is 0.455 e. The number of nitrogens with one attached hydrogen (secondary N) is 1. The summed E-state index contributed by atoms with van der Waals surface area (Å²) in [5.74, 6) is 0.512. The van der Waals surface area contributed by atoms with Crippen LogP contribution in [-0.2, 0) is 11.3 Å². The number of rotatable bonds is 6. The van der Waals surface area contributed by atoms with Crippen molar-refractivity contribution in [3.63, 3.8) is 0 Å². The van der Waals surface area contributed by atoms with Crippen molar-refractivity contribution in [2.24, 2.45) is 0 Å². The average molecular weight is 398 g/mol. The summed E-state index contributed by atoms with van der Waals surface area (Å²) in [5.41, 5.74) is 1.35. The molecular weight excluding hydrogens is 380 g/mol. The molecule has 0 saturated carbocycles. The normalized spacial score (nSPS) is 10.5. The minimum Gasteiger partial charge on any atom is -0.455 e. The summed E-state index contributed by atoms with van der Waals surface area (Å²) in [4.78, 5) is 33.6. The highest BCUT2D eigenvalue weighted by Gasteiger charge is 2.14. The SMILES string of the molecule is C=CC(=O)Nc1cc2ncn(Cc3ccccn3)c(=O)c2cc1Oc1ccccc1. The Labute approximate surface area is 172 Å². The average Bonchev–Trinajstić information content (AvgIpc) is 2.78. The van der Waals surface area contributed by atoms with Gasteiger partial charge in [-0.25, -0.2) is 4.98 Å². The molecular formula is C23H18N4O3. The van der Waals surface area contributed by atoms with E-state index in [1.165, 1.54) is 10.9 Å². The highest BCUT2D eigenvalue weighted by atomic mass is 16.5. The van der Waals surface area contributed by atoms with E-state index in [1.807, 2.05) is 36.4 Å². The molecule has 7 nitrogen and oxygen atoms in total. The number of carbonyl (C=O) groups excluding carboxylic acids is 1. The van der Waals surface area contributed by atoms with Crippen LogP contribution in [0.4, 0.5) is 5.69 Å². The van der Waals surface area contributed by atoms with E-state index in [4.69, 9.17) is 4.74 Å². The van der Waals surface area contributed by atoms with Gasteiger partial charge in [0.1, 0.15) is 5.75 Å². The Morgan fingerprint density at radius 2 is 1.90 bits per heavy atom. The number of carbonyl (C=O) groups is 1. The van der Waals surface area contributed by atoms with Gasteiger partial charge in [0.2, 0.25) is 5.91 Å². The predicted molar refractivity (Wildman–Crippen MR) is 115 cm³/mol.